The van der Waals surface area contributed by atoms with Gasteiger partial charge in [0.15, 0.2) is 0 Å². The molecule has 0 fully saturated rings. The van der Waals surface area contributed by atoms with Crippen LogP contribution in [0, 0.1) is 5.92 Å². The minimum absolute atomic E-state index is 0. The third kappa shape index (κ3) is 3.69. The van der Waals surface area contributed by atoms with Crippen molar-refractivity contribution in [1.82, 2.24) is 10.2 Å². The molecule has 14 heavy (non-hydrogen) atoms. The summed E-state index contributed by atoms with van der Waals surface area (Å²) in [7, 11) is 0. The van der Waals surface area contributed by atoms with E-state index in [4.69, 9.17) is 5.73 Å². The standard InChI is InChI=1S/C7H12N4OS.BrH/c1-4(2)5(8)6(12)10-7-11-9-3-13-7;/h3-5H,8H2,1-2H3,(H,10,11,12);1H/t5-;/m0./s1. The number of carbonyl (C=O) groups is 1. The third-order valence-corrected chi connectivity index (χ3v) is 2.22. The van der Waals surface area contributed by atoms with Crippen LogP contribution in [0.4, 0.5) is 5.13 Å². The average Bonchev–Trinajstić information content (AvgIpc) is 2.55. The monoisotopic (exact) mass is 280 g/mol. The maximum atomic E-state index is 11.4. The van der Waals surface area contributed by atoms with E-state index in [1.807, 2.05) is 13.8 Å². The Hall–Kier alpha value is -0.530. The van der Waals surface area contributed by atoms with Crippen LogP contribution in [0.1, 0.15) is 13.8 Å². The first kappa shape index (κ1) is 13.5. The predicted molar refractivity (Wildman–Crippen MR) is 61.7 cm³/mol. The van der Waals surface area contributed by atoms with E-state index >= 15 is 0 Å². The molecule has 0 aromatic carbocycles. The van der Waals surface area contributed by atoms with Crippen molar-refractivity contribution in [2.75, 3.05) is 5.32 Å². The van der Waals surface area contributed by atoms with E-state index in [-0.39, 0.29) is 28.8 Å². The molecular formula is C7H13BrN4OS. The van der Waals surface area contributed by atoms with Crippen molar-refractivity contribution in [2.45, 2.75) is 19.9 Å². The Morgan fingerprint density at radius 3 is 2.71 bits per heavy atom. The zero-order valence-corrected chi connectivity index (χ0v) is 10.5. The highest BCUT2D eigenvalue weighted by Gasteiger charge is 2.17. The molecule has 0 radical (unpaired) electrons. The van der Waals surface area contributed by atoms with Gasteiger partial charge in [-0.3, -0.25) is 10.1 Å². The maximum absolute atomic E-state index is 11.4. The lowest BCUT2D eigenvalue weighted by atomic mass is 10.1. The Kier molecular flexibility index (Phi) is 5.82. The first-order valence-corrected chi connectivity index (χ1v) is 4.82. The van der Waals surface area contributed by atoms with Gasteiger partial charge in [0.2, 0.25) is 11.0 Å². The lowest BCUT2D eigenvalue weighted by Crippen LogP contribution is -2.39. The van der Waals surface area contributed by atoms with Gasteiger partial charge >= 0.3 is 0 Å². The molecule has 80 valence electrons. The second-order valence-electron chi connectivity index (χ2n) is 3.00. The summed E-state index contributed by atoms with van der Waals surface area (Å²) >= 11 is 1.27. The van der Waals surface area contributed by atoms with E-state index < -0.39 is 6.04 Å². The summed E-state index contributed by atoms with van der Waals surface area (Å²) in [5, 5.41) is 10.3. The smallest absolute Gasteiger partial charge is 0.243 e. The molecule has 7 heteroatoms. The SMILES string of the molecule is Br.CC(C)[C@H](N)C(=O)Nc1nncs1. The first-order valence-electron chi connectivity index (χ1n) is 3.94. The van der Waals surface area contributed by atoms with E-state index in [0.717, 1.165) is 0 Å². The zero-order valence-electron chi connectivity index (χ0n) is 7.93. The number of halogens is 1. The van der Waals surface area contributed by atoms with Gasteiger partial charge in [-0.1, -0.05) is 25.2 Å². The summed E-state index contributed by atoms with van der Waals surface area (Å²) in [6.45, 7) is 3.79. The minimum atomic E-state index is -0.496. The van der Waals surface area contributed by atoms with Gasteiger partial charge in [-0.15, -0.1) is 27.2 Å². The molecule has 0 unspecified atom stereocenters. The molecule has 0 aliphatic rings. The predicted octanol–water partition coefficient (Wildman–Crippen LogP) is 1.04. The van der Waals surface area contributed by atoms with Crippen molar-refractivity contribution in [3.63, 3.8) is 0 Å². The number of anilines is 1. The molecular weight excluding hydrogens is 268 g/mol. The van der Waals surface area contributed by atoms with Crippen LogP contribution in [0.2, 0.25) is 0 Å². The van der Waals surface area contributed by atoms with Crippen LogP contribution < -0.4 is 11.1 Å². The minimum Gasteiger partial charge on any atom is -0.320 e. The highest BCUT2D eigenvalue weighted by atomic mass is 79.9. The van der Waals surface area contributed by atoms with Gasteiger partial charge < -0.3 is 5.73 Å². The van der Waals surface area contributed by atoms with Crippen molar-refractivity contribution >= 4 is 39.4 Å². The van der Waals surface area contributed by atoms with Crippen molar-refractivity contribution in [2.24, 2.45) is 11.7 Å². The van der Waals surface area contributed by atoms with Crippen LogP contribution in [0.5, 0.6) is 0 Å². The van der Waals surface area contributed by atoms with Gasteiger partial charge in [-0.05, 0) is 5.92 Å². The van der Waals surface area contributed by atoms with Crippen molar-refractivity contribution in [3.05, 3.63) is 5.51 Å². The van der Waals surface area contributed by atoms with E-state index in [2.05, 4.69) is 15.5 Å². The molecule has 0 saturated carbocycles. The highest BCUT2D eigenvalue weighted by molar-refractivity contribution is 8.93. The molecule has 1 amide bonds. The summed E-state index contributed by atoms with van der Waals surface area (Å²) < 4.78 is 0. The van der Waals surface area contributed by atoms with Gasteiger partial charge in [-0.25, -0.2) is 0 Å². The summed E-state index contributed by atoms with van der Waals surface area (Å²) in [6.07, 6.45) is 0. The normalized spacial score (nSPS) is 12.0. The molecule has 5 nitrogen and oxygen atoms in total. The Morgan fingerprint density at radius 1 is 1.64 bits per heavy atom. The molecule has 1 aromatic heterocycles. The summed E-state index contributed by atoms with van der Waals surface area (Å²) in [5.41, 5.74) is 7.17. The van der Waals surface area contributed by atoms with E-state index in [0.29, 0.717) is 5.13 Å². The van der Waals surface area contributed by atoms with Crippen LogP contribution >= 0.6 is 28.3 Å². The van der Waals surface area contributed by atoms with E-state index in [1.54, 1.807) is 5.51 Å². The molecule has 0 bridgehead atoms. The number of nitrogens with zero attached hydrogens (tertiary/aromatic N) is 2. The fourth-order valence-electron chi connectivity index (χ4n) is 0.719. The highest BCUT2D eigenvalue weighted by Crippen LogP contribution is 2.09. The van der Waals surface area contributed by atoms with Crippen molar-refractivity contribution in [1.29, 1.82) is 0 Å². The summed E-state index contributed by atoms with van der Waals surface area (Å²) in [5.74, 6) is -0.0975. The van der Waals surface area contributed by atoms with Gasteiger partial charge in [0.25, 0.3) is 0 Å². The largest absolute Gasteiger partial charge is 0.320 e. The van der Waals surface area contributed by atoms with Crippen LogP contribution in [-0.2, 0) is 4.79 Å². The van der Waals surface area contributed by atoms with Gasteiger partial charge in [0, 0.05) is 0 Å². The molecule has 1 aromatic rings. The molecule has 1 atom stereocenters. The number of aromatic nitrogens is 2. The molecule has 3 N–H and O–H groups in total. The molecule has 0 aliphatic heterocycles. The molecule has 0 spiro atoms. The number of rotatable bonds is 3. The Morgan fingerprint density at radius 2 is 2.29 bits per heavy atom. The zero-order chi connectivity index (χ0) is 9.84. The first-order chi connectivity index (χ1) is 6.11. The Balaban J connectivity index is 0.00000169. The van der Waals surface area contributed by atoms with Gasteiger partial charge in [0.1, 0.15) is 5.51 Å². The van der Waals surface area contributed by atoms with Crippen LogP contribution in [0.25, 0.3) is 0 Å². The molecule has 1 heterocycles. The number of amides is 1. The lowest BCUT2D eigenvalue weighted by molar-refractivity contribution is -0.118. The quantitative estimate of drug-likeness (QED) is 0.867. The maximum Gasteiger partial charge on any atom is 0.243 e. The summed E-state index contributed by atoms with van der Waals surface area (Å²) in [4.78, 5) is 11.4. The van der Waals surface area contributed by atoms with Crippen LogP contribution in [-0.4, -0.2) is 22.1 Å². The Labute approximate surface area is 96.9 Å². The summed E-state index contributed by atoms with van der Waals surface area (Å²) in [6, 6.07) is -0.496. The lowest BCUT2D eigenvalue weighted by Gasteiger charge is -2.13. The van der Waals surface area contributed by atoms with E-state index in [9.17, 15) is 4.79 Å². The number of nitrogens with two attached hydrogens (primary N) is 1. The molecule has 1 rings (SSSR count). The molecule has 0 saturated heterocycles. The number of nitrogens with one attached hydrogen (secondary N) is 1. The van der Waals surface area contributed by atoms with Gasteiger partial charge in [0.05, 0.1) is 6.04 Å². The van der Waals surface area contributed by atoms with E-state index in [1.165, 1.54) is 11.3 Å². The number of hydrogen-bond donors (Lipinski definition) is 2. The van der Waals surface area contributed by atoms with Crippen molar-refractivity contribution < 1.29 is 4.79 Å². The average molecular weight is 281 g/mol. The molecule has 0 aliphatic carbocycles. The Bertz CT molecular complexity index is 277. The van der Waals surface area contributed by atoms with Gasteiger partial charge in [-0.2, -0.15) is 0 Å². The third-order valence-electron chi connectivity index (χ3n) is 1.61. The topological polar surface area (TPSA) is 80.9 Å². The number of carbonyl (C=O) groups excluding carboxylic acids is 1. The van der Waals surface area contributed by atoms with Crippen LogP contribution in [0.15, 0.2) is 5.51 Å². The second kappa shape index (κ2) is 6.05. The fraction of sp³-hybridized carbons (Fsp3) is 0.571. The van der Waals surface area contributed by atoms with Crippen LogP contribution in [0.3, 0.4) is 0 Å². The number of hydrogen-bond acceptors (Lipinski definition) is 5. The fourth-order valence-corrected chi connectivity index (χ4v) is 1.17. The van der Waals surface area contributed by atoms with Crippen molar-refractivity contribution in [3.8, 4) is 0 Å². The second-order valence-corrected chi connectivity index (χ2v) is 3.84.